The number of hydrogen-bond acceptors (Lipinski definition) is 1. The molecule has 0 unspecified atom stereocenters. The Balaban J connectivity index is 0.000000330. The first-order valence-corrected chi connectivity index (χ1v) is 9.59. The van der Waals surface area contributed by atoms with Gasteiger partial charge in [-0.3, -0.25) is 4.99 Å². The van der Waals surface area contributed by atoms with E-state index in [9.17, 15) is 0 Å². The molecule has 136 valence electrons. The third-order valence-corrected chi connectivity index (χ3v) is 3.58. The van der Waals surface area contributed by atoms with Crippen LogP contribution in [-0.2, 0) is 12.8 Å². The Hall–Kier alpha value is -2.15. The average molecular weight is 338 g/mol. The topological polar surface area (TPSA) is 12.4 Å². The number of benzene rings is 2. The fourth-order valence-corrected chi connectivity index (χ4v) is 2.07. The zero-order valence-corrected chi connectivity index (χ0v) is 16.7. The number of aryl methyl sites for hydroxylation is 2. The molecular weight excluding hydrogens is 302 g/mol. The lowest BCUT2D eigenvalue weighted by atomic mass is 10.2. The Bertz CT molecular complexity index is 528. The van der Waals surface area contributed by atoms with E-state index in [1.54, 1.807) is 0 Å². The number of allylic oxidation sites excluding steroid dienone is 2. The molecule has 0 amide bonds. The summed E-state index contributed by atoms with van der Waals surface area (Å²) in [5, 5.41) is 0. The van der Waals surface area contributed by atoms with Crippen LogP contribution in [0.15, 0.2) is 77.4 Å². The summed E-state index contributed by atoms with van der Waals surface area (Å²) in [5.74, 6) is 0. The average Bonchev–Trinajstić information content (AvgIpc) is 3.26. The third kappa shape index (κ3) is 11.9. The van der Waals surface area contributed by atoms with E-state index in [2.05, 4.69) is 80.4 Å². The van der Waals surface area contributed by atoms with Gasteiger partial charge in [-0.25, -0.2) is 0 Å². The Labute approximate surface area is 155 Å². The van der Waals surface area contributed by atoms with Gasteiger partial charge in [0.1, 0.15) is 0 Å². The lowest BCUT2D eigenvalue weighted by Gasteiger charge is -1.89. The molecule has 0 atom stereocenters. The quantitative estimate of drug-likeness (QED) is 0.558. The van der Waals surface area contributed by atoms with Crippen LogP contribution in [0.5, 0.6) is 0 Å². The fraction of sp³-hybridized carbons (Fsp3) is 0.375. The second-order valence-corrected chi connectivity index (χ2v) is 5.27. The monoisotopic (exact) mass is 337 g/mol. The Morgan fingerprint density at radius 1 is 0.680 bits per heavy atom. The van der Waals surface area contributed by atoms with Gasteiger partial charge < -0.3 is 0 Å². The maximum Gasteiger partial charge on any atom is 0.0360 e. The molecule has 0 saturated carbocycles. The number of aliphatic imine (C=N–C) groups is 1. The maximum atomic E-state index is 4.09. The van der Waals surface area contributed by atoms with Gasteiger partial charge in [0.15, 0.2) is 0 Å². The number of hydrogen-bond donors (Lipinski definition) is 0. The van der Waals surface area contributed by atoms with Crippen LogP contribution >= 0.6 is 0 Å². The van der Waals surface area contributed by atoms with E-state index in [-0.39, 0.29) is 0 Å². The summed E-state index contributed by atoms with van der Waals surface area (Å²) in [6, 6.07) is 20.9. The highest BCUT2D eigenvalue weighted by atomic mass is 14.7. The number of rotatable bonds is 3. The van der Waals surface area contributed by atoms with E-state index in [4.69, 9.17) is 0 Å². The van der Waals surface area contributed by atoms with Crippen molar-refractivity contribution in [2.24, 2.45) is 4.99 Å². The molecule has 2 aromatic carbocycles. The van der Waals surface area contributed by atoms with Gasteiger partial charge in [-0.2, -0.15) is 0 Å². The minimum Gasteiger partial charge on any atom is -0.266 e. The van der Waals surface area contributed by atoms with Crippen LogP contribution in [-0.4, -0.2) is 6.21 Å². The molecule has 1 aliphatic heterocycles. The fourth-order valence-electron chi connectivity index (χ4n) is 2.07. The summed E-state index contributed by atoms with van der Waals surface area (Å²) in [6.45, 7) is 10.4. The summed E-state index contributed by atoms with van der Waals surface area (Å²) < 4.78 is 0. The predicted molar refractivity (Wildman–Crippen MR) is 114 cm³/mol. The van der Waals surface area contributed by atoms with Crippen LogP contribution in [0.3, 0.4) is 0 Å². The van der Waals surface area contributed by atoms with Crippen LogP contribution < -0.4 is 0 Å². The van der Waals surface area contributed by atoms with Crippen molar-refractivity contribution in [2.45, 2.75) is 60.3 Å². The van der Waals surface area contributed by atoms with Crippen molar-refractivity contribution in [3.05, 3.63) is 83.6 Å². The molecule has 1 nitrogen and oxygen atoms in total. The summed E-state index contributed by atoms with van der Waals surface area (Å²) in [6.07, 6.45) is 8.50. The van der Waals surface area contributed by atoms with Gasteiger partial charge in [-0.1, -0.05) is 101 Å². The molecule has 3 rings (SSSR count). The van der Waals surface area contributed by atoms with E-state index < -0.39 is 0 Å². The molecule has 1 heteroatoms. The van der Waals surface area contributed by atoms with Gasteiger partial charge in [-0.05, 0) is 30.4 Å². The largest absolute Gasteiger partial charge is 0.266 e. The molecule has 0 saturated heterocycles. The van der Waals surface area contributed by atoms with E-state index >= 15 is 0 Å². The first kappa shape index (κ1) is 22.9. The molecule has 0 aromatic heterocycles. The summed E-state index contributed by atoms with van der Waals surface area (Å²) >= 11 is 0. The van der Waals surface area contributed by atoms with Gasteiger partial charge >= 0.3 is 0 Å². The van der Waals surface area contributed by atoms with Gasteiger partial charge in [-0.15, -0.1) is 0 Å². The summed E-state index contributed by atoms with van der Waals surface area (Å²) in [7, 11) is 0. The van der Waals surface area contributed by atoms with Gasteiger partial charge in [0.05, 0.1) is 0 Å². The molecule has 25 heavy (non-hydrogen) atoms. The van der Waals surface area contributed by atoms with Crippen molar-refractivity contribution in [2.75, 3.05) is 0 Å². The highest BCUT2D eigenvalue weighted by Crippen LogP contribution is 2.07. The van der Waals surface area contributed by atoms with Crippen LogP contribution in [0.2, 0.25) is 0 Å². The van der Waals surface area contributed by atoms with Crippen LogP contribution in [0.25, 0.3) is 0 Å². The van der Waals surface area contributed by atoms with Crippen molar-refractivity contribution in [1.82, 2.24) is 0 Å². The van der Waals surface area contributed by atoms with E-state index in [1.165, 1.54) is 16.8 Å². The van der Waals surface area contributed by atoms with Crippen molar-refractivity contribution in [3.63, 3.8) is 0 Å². The highest BCUT2D eigenvalue weighted by Gasteiger charge is 1.91. The zero-order chi connectivity index (χ0) is 18.8. The smallest absolute Gasteiger partial charge is 0.0360 e. The Morgan fingerprint density at radius 2 is 1.12 bits per heavy atom. The van der Waals surface area contributed by atoms with Crippen molar-refractivity contribution >= 4 is 6.21 Å². The zero-order valence-electron chi connectivity index (χ0n) is 16.7. The molecule has 0 aliphatic carbocycles. The molecule has 0 bridgehead atoms. The minimum absolute atomic E-state index is 1.04. The molecule has 2 aromatic rings. The third-order valence-electron chi connectivity index (χ3n) is 3.58. The number of nitrogens with zero attached hydrogens (tertiary/aromatic N) is 1. The molecule has 0 radical (unpaired) electrons. The van der Waals surface area contributed by atoms with Crippen molar-refractivity contribution < 1.29 is 0 Å². The van der Waals surface area contributed by atoms with Crippen LogP contribution in [0.4, 0.5) is 0 Å². The lowest BCUT2D eigenvalue weighted by molar-refractivity contribution is 1.08. The van der Waals surface area contributed by atoms with Crippen molar-refractivity contribution in [3.8, 4) is 0 Å². The van der Waals surface area contributed by atoms with E-state index in [1.807, 2.05) is 32.2 Å². The molecular formula is C24H35N. The SMILES string of the molecule is CC.CCC1=CCC=N1.CCc1ccccc1.CCc1ccccc1. The molecule has 1 heterocycles. The molecule has 0 fully saturated rings. The lowest BCUT2D eigenvalue weighted by Crippen LogP contribution is -1.73. The van der Waals surface area contributed by atoms with E-state index in [0.29, 0.717) is 0 Å². The summed E-state index contributed by atoms with van der Waals surface area (Å²) in [4.78, 5) is 4.09. The van der Waals surface area contributed by atoms with Crippen molar-refractivity contribution in [1.29, 1.82) is 0 Å². The minimum atomic E-state index is 1.04. The maximum absolute atomic E-state index is 4.09. The molecule has 0 spiro atoms. The highest BCUT2D eigenvalue weighted by molar-refractivity contribution is 5.64. The standard InChI is InChI=1S/2C8H10.C6H9N.C2H6/c2*1-2-8-6-4-3-5-7-8;1-2-6-4-3-5-7-6;1-2/h2*3-7H,2H2,1H3;4-5H,2-3H2,1H3;1-2H3. The summed E-state index contributed by atoms with van der Waals surface area (Å²) in [5.41, 5.74) is 4.06. The Morgan fingerprint density at radius 3 is 1.32 bits per heavy atom. The van der Waals surface area contributed by atoms with Gasteiger partial charge in [0, 0.05) is 18.3 Å². The first-order valence-electron chi connectivity index (χ1n) is 9.59. The van der Waals surface area contributed by atoms with Crippen LogP contribution in [0.1, 0.15) is 58.6 Å². The molecule has 0 N–H and O–H groups in total. The first-order chi connectivity index (χ1) is 12.3. The van der Waals surface area contributed by atoms with Gasteiger partial charge in [0.25, 0.3) is 0 Å². The molecule has 1 aliphatic rings. The van der Waals surface area contributed by atoms with Gasteiger partial charge in [0.2, 0.25) is 0 Å². The van der Waals surface area contributed by atoms with E-state index in [0.717, 1.165) is 25.7 Å². The Kier molecular flexibility index (Phi) is 15.3. The second kappa shape index (κ2) is 16.7. The van der Waals surface area contributed by atoms with Crippen LogP contribution in [0, 0.1) is 0 Å². The predicted octanol–water partition coefficient (Wildman–Crippen LogP) is 7.28. The normalized spacial score (nSPS) is 11.0. The second-order valence-electron chi connectivity index (χ2n) is 5.27.